The molecule has 25 heavy (non-hydrogen) atoms. The van der Waals surface area contributed by atoms with Gasteiger partial charge >= 0.3 is 0 Å². The molecule has 0 aliphatic heterocycles. The van der Waals surface area contributed by atoms with Crippen molar-refractivity contribution in [3.05, 3.63) is 46.4 Å². The highest BCUT2D eigenvalue weighted by molar-refractivity contribution is 6.28. The number of anilines is 1. The average molecular weight is 364 g/mol. The number of nitrogens with zero attached hydrogens (tertiary/aromatic N) is 2. The van der Waals surface area contributed by atoms with E-state index in [4.69, 9.17) is 21.4 Å². The standard InChI is InChI=1S/C18H22ClN3O3/c1-12-7-13(9-15(8-12)25-2)16(24)10-14-11-17(22-18(19)21-14)20-5-3-4-6-23/h7-9,11,23H,3-6,10H2,1-2H3,(H,20,21,22). The Morgan fingerprint density at radius 3 is 2.76 bits per heavy atom. The zero-order valence-corrected chi connectivity index (χ0v) is 15.1. The quantitative estimate of drug-likeness (QED) is 0.404. The molecule has 0 spiro atoms. The lowest BCUT2D eigenvalue weighted by molar-refractivity contribution is 0.0991. The molecule has 0 radical (unpaired) electrons. The second-order valence-electron chi connectivity index (χ2n) is 5.71. The Morgan fingerprint density at radius 1 is 1.24 bits per heavy atom. The third kappa shape index (κ3) is 5.99. The zero-order valence-electron chi connectivity index (χ0n) is 14.4. The molecule has 0 atom stereocenters. The maximum atomic E-state index is 12.5. The fourth-order valence-corrected chi connectivity index (χ4v) is 2.59. The van der Waals surface area contributed by atoms with E-state index >= 15 is 0 Å². The number of carbonyl (C=O) groups excluding carboxylic acids is 1. The van der Waals surface area contributed by atoms with Gasteiger partial charge in [0, 0.05) is 24.8 Å². The second kappa shape index (κ2) is 9.34. The number of ketones is 1. The number of Topliss-reactive ketones (excluding diaryl/α,β-unsaturated/α-hetero) is 1. The molecule has 1 aromatic heterocycles. The maximum Gasteiger partial charge on any atom is 0.224 e. The van der Waals surface area contributed by atoms with E-state index in [1.807, 2.05) is 19.1 Å². The van der Waals surface area contributed by atoms with Crippen molar-refractivity contribution in [2.24, 2.45) is 0 Å². The van der Waals surface area contributed by atoms with Crippen LogP contribution in [0, 0.1) is 6.92 Å². The number of hydrogen-bond acceptors (Lipinski definition) is 6. The number of hydrogen-bond donors (Lipinski definition) is 2. The molecule has 6 nitrogen and oxygen atoms in total. The molecule has 0 saturated heterocycles. The lowest BCUT2D eigenvalue weighted by atomic mass is 10.0. The topological polar surface area (TPSA) is 84.3 Å². The van der Waals surface area contributed by atoms with Crippen LogP contribution < -0.4 is 10.1 Å². The normalized spacial score (nSPS) is 10.6. The first-order valence-corrected chi connectivity index (χ1v) is 8.46. The minimum Gasteiger partial charge on any atom is -0.497 e. The predicted molar refractivity (Wildman–Crippen MR) is 97.6 cm³/mol. The molecule has 134 valence electrons. The third-order valence-electron chi connectivity index (χ3n) is 3.59. The number of ether oxygens (including phenoxy) is 1. The molecule has 1 aromatic carbocycles. The molecule has 0 fully saturated rings. The van der Waals surface area contributed by atoms with Gasteiger partial charge in [0.1, 0.15) is 11.6 Å². The molecule has 2 aromatic rings. The van der Waals surface area contributed by atoms with Gasteiger partial charge in [-0.25, -0.2) is 9.97 Å². The Hall–Kier alpha value is -2.18. The van der Waals surface area contributed by atoms with Gasteiger partial charge in [-0.2, -0.15) is 0 Å². The Kier molecular flexibility index (Phi) is 7.16. The summed E-state index contributed by atoms with van der Waals surface area (Å²) in [5.41, 5.74) is 2.08. The molecule has 2 rings (SSSR count). The first-order chi connectivity index (χ1) is 12.0. The molecule has 0 bridgehead atoms. The van der Waals surface area contributed by atoms with Crippen LogP contribution in [0.2, 0.25) is 5.28 Å². The number of methoxy groups -OCH3 is 1. The smallest absolute Gasteiger partial charge is 0.224 e. The van der Waals surface area contributed by atoms with Crippen LogP contribution in [0.15, 0.2) is 24.3 Å². The summed E-state index contributed by atoms with van der Waals surface area (Å²) in [6.07, 6.45) is 1.65. The molecule has 2 N–H and O–H groups in total. The van der Waals surface area contributed by atoms with Crippen LogP contribution in [-0.2, 0) is 6.42 Å². The number of aryl methyl sites for hydroxylation is 1. The van der Waals surface area contributed by atoms with Gasteiger partial charge in [-0.15, -0.1) is 0 Å². The molecule has 0 unspecified atom stereocenters. The number of carbonyl (C=O) groups is 1. The Balaban J connectivity index is 2.09. The van der Waals surface area contributed by atoms with Gasteiger partial charge < -0.3 is 15.2 Å². The summed E-state index contributed by atoms with van der Waals surface area (Å²) < 4.78 is 5.21. The summed E-state index contributed by atoms with van der Waals surface area (Å²) in [6, 6.07) is 7.12. The predicted octanol–water partition coefficient (Wildman–Crippen LogP) is 3.06. The fraction of sp³-hybridized carbons (Fsp3) is 0.389. The van der Waals surface area contributed by atoms with Gasteiger partial charge in [0.25, 0.3) is 0 Å². The largest absolute Gasteiger partial charge is 0.497 e. The summed E-state index contributed by atoms with van der Waals surface area (Å²) in [4.78, 5) is 20.8. The SMILES string of the molecule is COc1cc(C)cc(C(=O)Cc2cc(NCCCCO)nc(Cl)n2)c1. The third-order valence-corrected chi connectivity index (χ3v) is 3.76. The van der Waals surface area contributed by atoms with Crippen LogP contribution in [0.4, 0.5) is 5.82 Å². The van der Waals surface area contributed by atoms with E-state index in [-0.39, 0.29) is 24.1 Å². The van der Waals surface area contributed by atoms with Crippen molar-refractivity contribution in [1.82, 2.24) is 9.97 Å². The van der Waals surface area contributed by atoms with E-state index in [0.717, 1.165) is 12.0 Å². The number of aromatic nitrogens is 2. The molecule has 0 aliphatic carbocycles. The van der Waals surface area contributed by atoms with Crippen LogP contribution in [0.3, 0.4) is 0 Å². The van der Waals surface area contributed by atoms with E-state index in [2.05, 4.69) is 15.3 Å². The van der Waals surface area contributed by atoms with Gasteiger partial charge in [-0.1, -0.05) is 0 Å². The molecule has 0 saturated carbocycles. The van der Waals surface area contributed by atoms with Crippen molar-refractivity contribution in [3.63, 3.8) is 0 Å². The molecule has 1 heterocycles. The zero-order chi connectivity index (χ0) is 18.2. The van der Waals surface area contributed by atoms with Crippen molar-refractivity contribution in [3.8, 4) is 5.75 Å². The van der Waals surface area contributed by atoms with Gasteiger partial charge in [0.15, 0.2) is 5.78 Å². The van der Waals surface area contributed by atoms with E-state index in [9.17, 15) is 4.79 Å². The molecule has 7 heteroatoms. The van der Waals surface area contributed by atoms with Crippen LogP contribution in [0.25, 0.3) is 0 Å². The molecule has 0 amide bonds. The van der Waals surface area contributed by atoms with Crippen LogP contribution in [0.5, 0.6) is 5.75 Å². The minimum absolute atomic E-state index is 0.0667. The van der Waals surface area contributed by atoms with Crippen molar-refractivity contribution >= 4 is 23.2 Å². The highest BCUT2D eigenvalue weighted by Crippen LogP contribution is 2.19. The van der Waals surface area contributed by atoms with Gasteiger partial charge in [-0.05, 0) is 55.1 Å². The molecular weight excluding hydrogens is 342 g/mol. The highest BCUT2D eigenvalue weighted by Gasteiger charge is 2.12. The number of unbranched alkanes of at least 4 members (excludes halogenated alkanes) is 1. The maximum absolute atomic E-state index is 12.5. The highest BCUT2D eigenvalue weighted by atomic mass is 35.5. The second-order valence-corrected chi connectivity index (χ2v) is 6.05. The lowest BCUT2D eigenvalue weighted by Crippen LogP contribution is -2.09. The van der Waals surface area contributed by atoms with E-state index in [1.54, 1.807) is 19.2 Å². The van der Waals surface area contributed by atoms with Gasteiger partial charge in [-0.3, -0.25) is 4.79 Å². The van der Waals surface area contributed by atoms with Crippen molar-refractivity contribution < 1.29 is 14.6 Å². The summed E-state index contributed by atoms with van der Waals surface area (Å²) in [7, 11) is 1.57. The number of benzene rings is 1. The number of aliphatic hydroxyl groups is 1. The number of aliphatic hydroxyl groups excluding tert-OH is 1. The van der Waals surface area contributed by atoms with Crippen molar-refractivity contribution in [2.45, 2.75) is 26.2 Å². The monoisotopic (exact) mass is 363 g/mol. The van der Waals surface area contributed by atoms with E-state index in [0.29, 0.717) is 35.8 Å². The number of rotatable bonds is 9. The summed E-state index contributed by atoms with van der Waals surface area (Å²) in [5.74, 6) is 1.15. The van der Waals surface area contributed by atoms with Crippen LogP contribution in [0.1, 0.15) is 34.5 Å². The van der Waals surface area contributed by atoms with E-state index < -0.39 is 0 Å². The molecule has 0 aliphatic rings. The number of nitrogens with one attached hydrogen (secondary N) is 1. The summed E-state index contributed by atoms with van der Waals surface area (Å²) in [6.45, 7) is 2.73. The minimum atomic E-state index is -0.0667. The summed E-state index contributed by atoms with van der Waals surface area (Å²) >= 11 is 5.96. The Morgan fingerprint density at radius 2 is 2.04 bits per heavy atom. The lowest BCUT2D eigenvalue weighted by Gasteiger charge is -2.09. The van der Waals surface area contributed by atoms with Crippen LogP contribution in [-0.4, -0.2) is 41.1 Å². The molecular formula is C18H22ClN3O3. The first kappa shape index (κ1) is 19.1. The Labute approximate surface area is 152 Å². The fourth-order valence-electron chi connectivity index (χ4n) is 2.39. The van der Waals surface area contributed by atoms with E-state index in [1.165, 1.54) is 0 Å². The summed E-state index contributed by atoms with van der Waals surface area (Å²) in [5, 5.41) is 12.0. The van der Waals surface area contributed by atoms with Gasteiger partial charge in [0.2, 0.25) is 5.28 Å². The number of halogens is 1. The first-order valence-electron chi connectivity index (χ1n) is 8.09. The average Bonchev–Trinajstić information content (AvgIpc) is 2.57. The van der Waals surface area contributed by atoms with Crippen LogP contribution >= 0.6 is 11.6 Å². The van der Waals surface area contributed by atoms with Gasteiger partial charge in [0.05, 0.1) is 19.2 Å². The Bertz CT molecular complexity index is 738. The van der Waals surface area contributed by atoms with Crippen molar-refractivity contribution in [1.29, 1.82) is 0 Å². The van der Waals surface area contributed by atoms with Crippen molar-refractivity contribution in [2.75, 3.05) is 25.6 Å².